The van der Waals surface area contributed by atoms with Gasteiger partial charge < -0.3 is 5.73 Å². The zero-order valence-electron chi connectivity index (χ0n) is 7.41. The molecule has 76 valence electrons. The van der Waals surface area contributed by atoms with E-state index in [2.05, 4.69) is 4.72 Å². The van der Waals surface area contributed by atoms with Crippen molar-refractivity contribution in [1.29, 1.82) is 5.41 Å². The second-order valence-electron chi connectivity index (χ2n) is 3.30. The van der Waals surface area contributed by atoms with Gasteiger partial charge in [-0.05, 0) is 12.8 Å². The average molecular weight is 205 g/mol. The van der Waals surface area contributed by atoms with Gasteiger partial charge in [0.2, 0.25) is 10.0 Å². The summed E-state index contributed by atoms with van der Waals surface area (Å²) in [7, 11) is -3.23. The Hall–Kier alpha value is -0.620. The van der Waals surface area contributed by atoms with Crippen LogP contribution in [0.1, 0.15) is 25.7 Å². The minimum atomic E-state index is -3.23. The highest BCUT2D eigenvalue weighted by atomic mass is 32.2. The van der Waals surface area contributed by atoms with Crippen LogP contribution in [-0.4, -0.2) is 26.0 Å². The largest absolute Gasteiger partial charge is 0.387 e. The van der Waals surface area contributed by atoms with Gasteiger partial charge >= 0.3 is 0 Å². The Kier molecular flexibility index (Phi) is 3.27. The van der Waals surface area contributed by atoms with Gasteiger partial charge in [-0.25, -0.2) is 13.1 Å². The lowest BCUT2D eigenvalue weighted by Crippen LogP contribution is -2.38. The van der Waals surface area contributed by atoms with Crippen LogP contribution in [0.3, 0.4) is 0 Å². The normalized spacial score (nSPS) is 19.1. The zero-order valence-corrected chi connectivity index (χ0v) is 8.23. The molecule has 5 nitrogen and oxygen atoms in total. The van der Waals surface area contributed by atoms with E-state index in [1.165, 1.54) is 0 Å². The third-order valence-corrected chi connectivity index (χ3v) is 4.10. The molecule has 0 aliphatic heterocycles. The van der Waals surface area contributed by atoms with Gasteiger partial charge in [-0.15, -0.1) is 0 Å². The van der Waals surface area contributed by atoms with Crippen molar-refractivity contribution in [2.75, 3.05) is 6.54 Å². The molecule has 0 amide bonds. The van der Waals surface area contributed by atoms with Gasteiger partial charge in [0.25, 0.3) is 0 Å². The molecular weight excluding hydrogens is 190 g/mol. The van der Waals surface area contributed by atoms with Crippen molar-refractivity contribution in [2.45, 2.75) is 30.9 Å². The molecule has 0 aromatic rings. The number of rotatable bonds is 4. The van der Waals surface area contributed by atoms with Crippen LogP contribution >= 0.6 is 0 Å². The fraction of sp³-hybridized carbons (Fsp3) is 0.857. The Bertz CT molecular complexity index is 280. The molecule has 0 unspecified atom stereocenters. The number of nitrogens with one attached hydrogen (secondary N) is 2. The SMILES string of the molecule is N=C(N)CNS(=O)(=O)C1CCCC1. The molecule has 0 heterocycles. The molecule has 0 aromatic carbocycles. The van der Waals surface area contributed by atoms with E-state index in [0.29, 0.717) is 0 Å². The predicted molar refractivity (Wildman–Crippen MR) is 51.1 cm³/mol. The number of nitrogens with two attached hydrogens (primary N) is 1. The summed E-state index contributed by atoms with van der Waals surface area (Å²) < 4.78 is 25.3. The maximum Gasteiger partial charge on any atom is 0.214 e. The van der Waals surface area contributed by atoms with Gasteiger partial charge in [0.05, 0.1) is 11.8 Å². The molecule has 0 radical (unpaired) electrons. The molecule has 4 N–H and O–H groups in total. The van der Waals surface area contributed by atoms with E-state index in [0.717, 1.165) is 25.7 Å². The summed E-state index contributed by atoms with van der Waals surface area (Å²) in [5, 5.41) is 6.62. The van der Waals surface area contributed by atoms with Crippen molar-refractivity contribution >= 4 is 15.9 Å². The molecule has 0 atom stereocenters. The topological polar surface area (TPSA) is 96.0 Å². The highest BCUT2D eigenvalue weighted by Gasteiger charge is 2.28. The Labute approximate surface area is 78.3 Å². The molecule has 0 aromatic heterocycles. The summed E-state index contributed by atoms with van der Waals surface area (Å²) in [5.41, 5.74) is 5.05. The maximum absolute atomic E-state index is 11.5. The Morgan fingerprint density at radius 2 is 2.00 bits per heavy atom. The minimum Gasteiger partial charge on any atom is -0.387 e. The average Bonchev–Trinajstić information content (AvgIpc) is 2.53. The monoisotopic (exact) mass is 205 g/mol. The van der Waals surface area contributed by atoms with Gasteiger partial charge in [-0.2, -0.15) is 0 Å². The lowest BCUT2D eigenvalue weighted by molar-refractivity contribution is 0.569. The standard InChI is InChI=1S/C7H15N3O2S/c8-7(9)5-10-13(11,12)6-3-1-2-4-6/h6,10H,1-5H2,(H3,8,9). The number of hydrogen-bond acceptors (Lipinski definition) is 3. The van der Waals surface area contributed by atoms with Crippen LogP contribution in [0.2, 0.25) is 0 Å². The Balaban J connectivity index is 2.50. The lowest BCUT2D eigenvalue weighted by atomic mass is 10.4. The van der Waals surface area contributed by atoms with E-state index in [1.54, 1.807) is 0 Å². The molecule has 1 aliphatic carbocycles. The predicted octanol–water partition coefficient (Wildman–Crippen LogP) is -0.216. The fourth-order valence-electron chi connectivity index (χ4n) is 1.49. The van der Waals surface area contributed by atoms with Crippen LogP contribution in [0, 0.1) is 5.41 Å². The third-order valence-electron chi connectivity index (χ3n) is 2.20. The maximum atomic E-state index is 11.5. The van der Waals surface area contributed by atoms with Crippen molar-refractivity contribution in [1.82, 2.24) is 4.72 Å². The Morgan fingerprint density at radius 1 is 1.46 bits per heavy atom. The lowest BCUT2D eigenvalue weighted by Gasteiger charge is -2.11. The quantitative estimate of drug-likeness (QED) is 0.437. The van der Waals surface area contributed by atoms with Gasteiger partial charge in [-0.1, -0.05) is 12.8 Å². The number of hydrogen-bond donors (Lipinski definition) is 3. The third kappa shape index (κ3) is 2.96. The molecule has 13 heavy (non-hydrogen) atoms. The van der Waals surface area contributed by atoms with Crippen molar-refractivity contribution in [3.8, 4) is 0 Å². The summed E-state index contributed by atoms with van der Waals surface area (Å²) in [6.07, 6.45) is 3.41. The second-order valence-corrected chi connectivity index (χ2v) is 5.34. The van der Waals surface area contributed by atoms with Crippen molar-refractivity contribution < 1.29 is 8.42 Å². The smallest absolute Gasteiger partial charge is 0.214 e. The fourth-order valence-corrected chi connectivity index (χ4v) is 3.04. The molecule has 6 heteroatoms. The van der Waals surface area contributed by atoms with E-state index >= 15 is 0 Å². The van der Waals surface area contributed by atoms with Crippen LogP contribution in [0.5, 0.6) is 0 Å². The summed E-state index contributed by atoms with van der Waals surface area (Å²) >= 11 is 0. The van der Waals surface area contributed by atoms with Crippen molar-refractivity contribution in [2.24, 2.45) is 5.73 Å². The van der Waals surface area contributed by atoms with Crippen molar-refractivity contribution in [3.05, 3.63) is 0 Å². The second kappa shape index (κ2) is 4.06. The van der Waals surface area contributed by atoms with Gasteiger partial charge in [-0.3, -0.25) is 5.41 Å². The molecule has 0 spiro atoms. The first-order chi connectivity index (χ1) is 6.02. The minimum absolute atomic E-state index is 0.0706. The summed E-state index contributed by atoms with van der Waals surface area (Å²) in [6, 6.07) is 0. The van der Waals surface area contributed by atoms with Gasteiger partial charge in [0, 0.05) is 0 Å². The van der Waals surface area contributed by atoms with Crippen LogP contribution < -0.4 is 10.5 Å². The molecule has 1 rings (SSSR count). The van der Waals surface area contributed by atoms with Gasteiger partial charge in [0.15, 0.2) is 0 Å². The highest BCUT2D eigenvalue weighted by Crippen LogP contribution is 2.23. The molecule has 0 bridgehead atoms. The van der Waals surface area contributed by atoms with Crippen molar-refractivity contribution in [3.63, 3.8) is 0 Å². The van der Waals surface area contributed by atoms with E-state index in [-0.39, 0.29) is 17.6 Å². The van der Waals surface area contributed by atoms with Crippen LogP contribution in [0.25, 0.3) is 0 Å². The zero-order chi connectivity index (χ0) is 9.90. The van der Waals surface area contributed by atoms with Gasteiger partial charge in [0.1, 0.15) is 5.84 Å². The molecule has 1 fully saturated rings. The number of amidine groups is 1. The van der Waals surface area contributed by atoms with Crippen LogP contribution in [0.15, 0.2) is 0 Å². The van der Waals surface area contributed by atoms with Crippen LogP contribution in [-0.2, 0) is 10.0 Å². The van der Waals surface area contributed by atoms with E-state index in [1.807, 2.05) is 0 Å². The first kappa shape index (κ1) is 10.5. The molecule has 0 saturated heterocycles. The first-order valence-corrected chi connectivity index (χ1v) is 5.88. The summed E-state index contributed by atoms with van der Waals surface area (Å²) in [4.78, 5) is 0. The molecule has 1 aliphatic rings. The van der Waals surface area contributed by atoms with E-state index in [9.17, 15) is 8.42 Å². The Morgan fingerprint density at radius 3 is 2.46 bits per heavy atom. The summed E-state index contributed by atoms with van der Waals surface area (Å²) in [6.45, 7) is -0.0706. The summed E-state index contributed by atoms with van der Waals surface area (Å²) in [5.74, 6) is -0.151. The van der Waals surface area contributed by atoms with E-state index < -0.39 is 10.0 Å². The van der Waals surface area contributed by atoms with Crippen LogP contribution in [0.4, 0.5) is 0 Å². The molecular formula is C7H15N3O2S. The highest BCUT2D eigenvalue weighted by molar-refractivity contribution is 7.90. The van der Waals surface area contributed by atoms with E-state index in [4.69, 9.17) is 11.1 Å². The molecule has 1 saturated carbocycles. The first-order valence-electron chi connectivity index (χ1n) is 4.34. The number of sulfonamides is 1.